The van der Waals surface area contributed by atoms with E-state index in [1.165, 1.54) is 4.90 Å². The number of benzene rings is 1. The van der Waals surface area contributed by atoms with Crippen molar-refractivity contribution in [3.63, 3.8) is 0 Å². The predicted octanol–water partition coefficient (Wildman–Crippen LogP) is 2.30. The van der Waals surface area contributed by atoms with Gasteiger partial charge in [0.2, 0.25) is 0 Å². The van der Waals surface area contributed by atoms with Crippen LogP contribution in [0.4, 0.5) is 0 Å². The Morgan fingerprint density at radius 2 is 1.95 bits per heavy atom. The average Bonchev–Trinajstić information content (AvgIpc) is 2.74. The molecule has 118 valence electrons. The van der Waals surface area contributed by atoms with Gasteiger partial charge in [0.1, 0.15) is 6.04 Å². The lowest BCUT2D eigenvalue weighted by atomic mass is 10.00. The Morgan fingerprint density at radius 3 is 2.55 bits per heavy atom. The fourth-order valence-electron chi connectivity index (χ4n) is 2.98. The normalized spacial score (nSPS) is 18.1. The fourth-order valence-corrected chi connectivity index (χ4v) is 2.98. The molecule has 0 radical (unpaired) electrons. The highest BCUT2D eigenvalue weighted by Gasteiger charge is 2.42. The number of hydrogen-bond donors (Lipinski definition) is 2. The van der Waals surface area contributed by atoms with Gasteiger partial charge in [0, 0.05) is 12.0 Å². The van der Waals surface area contributed by atoms with Gasteiger partial charge in [-0.25, -0.2) is 4.79 Å². The molecular weight excluding hydrogens is 286 g/mol. The largest absolute Gasteiger partial charge is 0.481 e. The molecule has 1 aliphatic rings. The van der Waals surface area contributed by atoms with Crippen LogP contribution in [0.15, 0.2) is 24.3 Å². The Hall–Kier alpha value is -2.37. The number of hydrogen-bond acceptors (Lipinski definition) is 3. The molecule has 6 nitrogen and oxygen atoms in total. The second-order valence-electron chi connectivity index (χ2n) is 5.39. The quantitative estimate of drug-likeness (QED) is 0.806. The molecule has 1 amide bonds. The van der Waals surface area contributed by atoms with Crippen LogP contribution in [-0.4, -0.2) is 39.0 Å². The molecular formula is C16H19NO5. The van der Waals surface area contributed by atoms with E-state index >= 15 is 0 Å². The number of carboxylic acids is 2. The zero-order valence-corrected chi connectivity index (χ0v) is 12.4. The van der Waals surface area contributed by atoms with Crippen molar-refractivity contribution >= 4 is 17.8 Å². The minimum atomic E-state index is -1.16. The Balaban J connectivity index is 2.36. The smallest absolute Gasteiger partial charge is 0.326 e. The average molecular weight is 305 g/mol. The first-order chi connectivity index (χ1) is 10.5. The van der Waals surface area contributed by atoms with Crippen molar-refractivity contribution in [2.45, 2.75) is 44.7 Å². The van der Waals surface area contributed by atoms with Gasteiger partial charge in [0.25, 0.3) is 5.91 Å². The van der Waals surface area contributed by atoms with Crippen molar-refractivity contribution in [1.29, 1.82) is 0 Å². The minimum Gasteiger partial charge on any atom is -0.481 e. The molecule has 0 saturated heterocycles. The van der Waals surface area contributed by atoms with Crippen LogP contribution in [0.2, 0.25) is 0 Å². The molecule has 22 heavy (non-hydrogen) atoms. The number of aliphatic carboxylic acids is 2. The van der Waals surface area contributed by atoms with Crippen LogP contribution >= 0.6 is 0 Å². The van der Waals surface area contributed by atoms with Gasteiger partial charge in [-0.1, -0.05) is 31.5 Å². The van der Waals surface area contributed by atoms with Crippen LogP contribution in [0.25, 0.3) is 0 Å². The zero-order valence-electron chi connectivity index (χ0n) is 12.4. The van der Waals surface area contributed by atoms with E-state index in [9.17, 15) is 19.5 Å². The minimum absolute atomic E-state index is 0.0926. The first-order valence-electron chi connectivity index (χ1n) is 7.33. The molecule has 1 aromatic carbocycles. The molecule has 0 saturated carbocycles. The van der Waals surface area contributed by atoms with Crippen LogP contribution in [0.1, 0.15) is 54.6 Å². The number of carboxylic acid groups (broad SMARTS) is 2. The van der Waals surface area contributed by atoms with E-state index in [1.807, 2.05) is 19.1 Å². The third-order valence-corrected chi connectivity index (χ3v) is 3.94. The zero-order chi connectivity index (χ0) is 16.3. The fraction of sp³-hybridized carbons (Fsp3) is 0.438. The molecule has 2 N–H and O–H groups in total. The summed E-state index contributed by atoms with van der Waals surface area (Å²) in [6.45, 7) is 1.97. The van der Waals surface area contributed by atoms with Gasteiger partial charge >= 0.3 is 11.9 Å². The van der Waals surface area contributed by atoms with Crippen molar-refractivity contribution in [3.8, 4) is 0 Å². The lowest BCUT2D eigenvalue weighted by Gasteiger charge is -2.30. The van der Waals surface area contributed by atoms with Crippen LogP contribution in [0.3, 0.4) is 0 Å². The summed E-state index contributed by atoms with van der Waals surface area (Å²) in [4.78, 5) is 36.2. The molecule has 0 spiro atoms. The SMILES string of the molecule is CCCC1c2ccccc2C(=O)N1C(CCC(=O)O)C(=O)O. The summed E-state index contributed by atoms with van der Waals surface area (Å²) in [5, 5.41) is 18.2. The molecule has 0 bridgehead atoms. The maximum atomic E-state index is 12.6. The second kappa shape index (κ2) is 6.60. The number of fused-ring (bicyclic) bond motifs is 1. The number of amides is 1. The molecule has 6 heteroatoms. The first-order valence-corrected chi connectivity index (χ1v) is 7.33. The first kappa shape index (κ1) is 16.0. The van der Waals surface area contributed by atoms with E-state index < -0.39 is 18.0 Å². The summed E-state index contributed by atoms with van der Waals surface area (Å²) in [6.07, 6.45) is 1.08. The van der Waals surface area contributed by atoms with E-state index in [0.717, 1.165) is 12.0 Å². The predicted molar refractivity (Wildman–Crippen MR) is 78.6 cm³/mol. The second-order valence-corrected chi connectivity index (χ2v) is 5.39. The van der Waals surface area contributed by atoms with E-state index in [2.05, 4.69) is 0 Å². The lowest BCUT2D eigenvalue weighted by Crippen LogP contribution is -2.43. The maximum Gasteiger partial charge on any atom is 0.326 e. The highest BCUT2D eigenvalue weighted by Crippen LogP contribution is 2.38. The molecule has 0 aromatic heterocycles. The molecule has 2 unspecified atom stereocenters. The van der Waals surface area contributed by atoms with Crippen molar-refractivity contribution in [2.75, 3.05) is 0 Å². The molecule has 1 heterocycles. The molecule has 2 atom stereocenters. The number of nitrogens with zero attached hydrogens (tertiary/aromatic N) is 1. The lowest BCUT2D eigenvalue weighted by molar-refractivity contribution is -0.144. The molecule has 1 aromatic rings. The number of carbonyl (C=O) groups excluding carboxylic acids is 1. The number of rotatable bonds is 7. The van der Waals surface area contributed by atoms with Crippen LogP contribution in [0, 0.1) is 0 Å². The van der Waals surface area contributed by atoms with E-state index in [0.29, 0.717) is 12.0 Å². The summed E-state index contributed by atoms with van der Waals surface area (Å²) in [5.74, 6) is -2.56. The van der Waals surface area contributed by atoms with Crippen molar-refractivity contribution in [2.24, 2.45) is 0 Å². The van der Waals surface area contributed by atoms with Gasteiger partial charge in [-0.3, -0.25) is 9.59 Å². The Kier molecular flexibility index (Phi) is 4.80. The highest BCUT2D eigenvalue weighted by atomic mass is 16.4. The van der Waals surface area contributed by atoms with Gasteiger partial charge in [0.15, 0.2) is 0 Å². The Bertz CT molecular complexity index is 598. The van der Waals surface area contributed by atoms with Gasteiger partial charge in [-0.2, -0.15) is 0 Å². The topological polar surface area (TPSA) is 94.9 Å². The van der Waals surface area contributed by atoms with Crippen molar-refractivity contribution < 1.29 is 24.6 Å². The van der Waals surface area contributed by atoms with E-state index in [4.69, 9.17) is 5.11 Å². The standard InChI is InChI=1S/C16H19NO5/c1-2-5-12-10-6-3-4-7-11(10)15(20)17(12)13(16(21)22)8-9-14(18)19/h3-4,6-7,12-13H,2,5,8-9H2,1H3,(H,18,19)(H,21,22). The molecule has 1 aliphatic heterocycles. The maximum absolute atomic E-state index is 12.6. The molecule has 2 rings (SSSR count). The monoisotopic (exact) mass is 305 g/mol. The highest BCUT2D eigenvalue weighted by molar-refractivity contribution is 6.01. The Labute approximate surface area is 128 Å². The van der Waals surface area contributed by atoms with Crippen LogP contribution in [0.5, 0.6) is 0 Å². The Morgan fingerprint density at radius 1 is 1.27 bits per heavy atom. The summed E-state index contributed by atoms with van der Waals surface area (Å²) < 4.78 is 0. The van der Waals surface area contributed by atoms with Gasteiger partial charge in [0.05, 0.1) is 6.04 Å². The van der Waals surface area contributed by atoms with E-state index in [1.54, 1.807) is 12.1 Å². The molecule has 0 aliphatic carbocycles. The summed E-state index contributed by atoms with van der Waals surface area (Å²) in [5.41, 5.74) is 1.35. The third-order valence-electron chi connectivity index (χ3n) is 3.94. The van der Waals surface area contributed by atoms with E-state index in [-0.39, 0.29) is 24.8 Å². The van der Waals surface area contributed by atoms with Crippen LogP contribution < -0.4 is 0 Å². The van der Waals surface area contributed by atoms with Gasteiger partial charge in [-0.05, 0) is 24.5 Å². The van der Waals surface area contributed by atoms with Gasteiger partial charge in [-0.15, -0.1) is 0 Å². The van der Waals surface area contributed by atoms with Crippen molar-refractivity contribution in [1.82, 2.24) is 4.90 Å². The summed E-state index contributed by atoms with van der Waals surface area (Å²) in [7, 11) is 0. The van der Waals surface area contributed by atoms with Crippen LogP contribution in [-0.2, 0) is 9.59 Å². The molecule has 0 fully saturated rings. The summed E-state index contributed by atoms with van der Waals surface area (Å²) in [6, 6.07) is 5.68. The number of carbonyl (C=O) groups is 3. The van der Waals surface area contributed by atoms with Gasteiger partial charge < -0.3 is 15.1 Å². The third kappa shape index (κ3) is 2.95. The summed E-state index contributed by atoms with van der Waals surface area (Å²) >= 11 is 0. The van der Waals surface area contributed by atoms with Crippen molar-refractivity contribution in [3.05, 3.63) is 35.4 Å².